The second-order valence-corrected chi connectivity index (χ2v) is 6.71. The first-order valence-electron chi connectivity index (χ1n) is 6.70. The van der Waals surface area contributed by atoms with Gasteiger partial charge in [0, 0.05) is 36.3 Å². The van der Waals surface area contributed by atoms with E-state index in [0.717, 1.165) is 23.0 Å². The number of anilines is 1. The Hall–Kier alpha value is -2.87. The highest BCUT2D eigenvalue weighted by Gasteiger charge is 2.18. The Morgan fingerprint density at radius 1 is 1.09 bits per heavy atom. The topological polar surface area (TPSA) is 94.2 Å². The van der Waals surface area contributed by atoms with Crippen LogP contribution in [0.1, 0.15) is 0 Å². The zero-order valence-electron chi connectivity index (χ0n) is 12.1. The van der Waals surface area contributed by atoms with Crippen molar-refractivity contribution in [1.29, 1.82) is 0 Å². The molecule has 0 unspecified atom stereocenters. The first-order chi connectivity index (χ1) is 10.9. The van der Waals surface area contributed by atoms with Crippen molar-refractivity contribution in [2.45, 2.75) is 4.90 Å². The van der Waals surface area contributed by atoms with Gasteiger partial charge < -0.3 is 4.57 Å². The van der Waals surface area contributed by atoms with Gasteiger partial charge in [0.1, 0.15) is 0 Å². The third-order valence-electron chi connectivity index (χ3n) is 3.50. The Labute approximate surface area is 132 Å². The lowest BCUT2D eigenvalue weighted by Gasteiger charge is -2.06. The third kappa shape index (κ3) is 2.76. The van der Waals surface area contributed by atoms with Crippen LogP contribution in [-0.2, 0) is 17.1 Å². The molecule has 0 radical (unpaired) electrons. The number of hydrogen-bond donors (Lipinski definition) is 1. The van der Waals surface area contributed by atoms with Crippen molar-refractivity contribution in [3.8, 4) is 0 Å². The molecule has 1 N–H and O–H groups in total. The molecule has 1 heterocycles. The number of sulfonamides is 1. The molecule has 0 aliphatic heterocycles. The number of nitrogens with one attached hydrogen (secondary N) is 1. The smallest absolute Gasteiger partial charge is 0.269 e. The molecule has 0 saturated carbocycles. The van der Waals surface area contributed by atoms with Crippen molar-refractivity contribution in [3.05, 3.63) is 64.8 Å². The summed E-state index contributed by atoms with van der Waals surface area (Å²) in [6, 6.07) is 12.2. The zero-order chi connectivity index (χ0) is 16.6. The predicted molar refractivity (Wildman–Crippen MR) is 86.8 cm³/mol. The minimum Gasteiger partial charge on any atom is -0.348 e. The highest BCUT2D eigenvalue weighted by molar-refractivity contribution is 7.92. The summed E-state index contributed by atoms with van der Waals surface area (Å²) in [6.07, 6.45) is 1.69. The zero-order valence-corrected chi connectivity index (χ0v) is 12.9. The van der Waals surface area contributed by atoms with Crippen LogP contribution in [0.15, 0.2) is 59.6 Å². The van der Waals surface area contributed by atoms with E-state index in [0.29, 0.717) is 5.69 Å². The van der Waals surface area contributed by atoms with Gasteiger partial charge in [-0.15, -0.1) is 0 Å². The molecule has 23 heavy (non-hydrogen) atoms. The molecule has 0 spiro atoms. The predicted octanol–water partition coefficient (Wildman–Crippen LogP) is 2.89. The Bertz CT molecular complexity index is 991. The molecule has 0 aliphatic carbocycles. The molecule has 2 aromatic carbocycles. The van der Waals surface area contributed by atoms with E-state index in [9.17, 15) is 18.5 Å². The van der Waals surface area contributed by atoms with Gasteiger partial charge in [0.2, 0.25) is 0 Å². The molecule has 0 atom stereocenters. The van der Waals surface area contributed by atoms with Crippen molar-refractivity contribution in [2.75, 3.05) is 4.72 Å². The normalized spacial score (nSPS) is 11.5. The fourth-order valence-electron chi connectivity index (χ4n) is 2.37. The maximum atomic E-state index is 12.4. The highest BCUT2D eigenvalue weighted by atomic mass is 32.2. The van der Waals surface area contributed by atoms with Crippen molar-refractivity contribution in [3.63, 3.8) is 0 Å². The summed E-state index contributed by atoms with van der Waals surface area (Å²) in [7, 11) is -1.99. The average molecular weight is 331 g/mol. The number of para-hydroxylation sites is 1. The lowest BCUT2D eigenvalue weighted by Crippen LogP contribution is -2.12. The van der Waals surface area contributed by atoms with Crippen LogP contribution in [0.5, 0.6) is 0 Å². The molecule has 3 rings (SSSR count). The van der Waals surface area contributed by atoms with Crippen LogP contribution >= 0.6 is 0 Å². The quantitative estimate of drug-likeness (QED) is 0.587. The Balaban J connectivity index is 1.98. The summed E-state index contributed by atoms with van der Waals surface area (Å²) in [5, 5.41) is 11.4. The second kappa shape index (κ2) is 5.40. The number of fused-ring (bicyclic) bond motifs is 1. The van der Waals surface area contributed by atoms with Crippen LogP contribution < -0.4 is 4.72 Å². The Morgan fingerprint density at radius 3 is 2.39 bits per heavy atom. The van der Waals surface area contributed by atoms with Gasteiger partial charge in [-0.3, -0.25) is 14.8 Å². The Morgan fingerprint density at radius 2 is 1.74 bits per heavy atom. The summed E-state index contributed by atoms with van der Waals surface area (Å²) >= 11 is 0. The fourth-order valence-corrected chi connectivity index (χ4v) is 3.44. The first-order valence-corrected chi connectivity index (χ1v) is 8.18. The molecule has 3 aromatic rings. The van der Waals surface area contributed by atoms with Gasteiger partial charge in [-0.05, 0) is 18.2 Å². The van der Waals surface area contributed by atoms with Crippen LogP contribution in [0.25, 0.3) is 10.9 Å². The van der Waals surface area contributed by atoms with Gasteiger partial charge in [0.05, 0.1) is 15.5 Å². The summed E-state index contributed by atoms with van der Waals surface area (Å²) in [5.41, 5.74) is 1.20. The molecular formula is C15H13N3O4S. The summed E-state index contributed by atoms with van der Waals surface area (Å²) in [5.74, 6) is 0. The van der Waals surface area contributed by atoms with E-state index in [-0.39, 0.29) is 10.6 Å². The fraction of sp³-hybridized carbons (Fsp3) is 0.0667. The standard InChI is InChI=1S/C15H13N3O4S/c1-17-10-14(13-4-2-3-5-15(13)17)16-23(21,22)12-8-6-11(7-9-12)18(19)20/h2-10,16H,1H3. The van der Waals surface area contributed by atoms with E-state index in [1.165, 1.54) is 12.1 Å². The molecule has 1 aromatic heterocycles. The van der Waals surface area contributed by atoms with Crippen LogP contribution in [0.2, 0.25) is 0 Å². The molecular weight excluding hydrogens is 318 g/mol. The first kappa shape index (κ1) is 15.0. The van der Waals surface area contributed by atoms with E-state index in [1.54, 1.807) is 6.20 Å². The number of non-ortho nitro benzene ring substituents is 1. The molecule has 7 nitrogen and oxygen atoms in total. The van der Waals surface area contributed by atoms with Crippen LogP contribution in [0.3, 0.4) is 0 Å². The van der Waals surface area contributed by atoms with Gasteiger partial charge >= 0.3 is 0 Å². The number of aromatic nitrogens is 1. The summed E-state index contributed by atoms with van der Waals surface area (Å²) < 4.78 is 29.2. The molecule has 118 valence electrons. The van der Waals surface area contributed by atoms with Crippen LogP contribution in [0.4, 0.5) is 11.4 Å². The monoisotopic (exact) mass is 331 g/mol. The van der Waals surface area contributed by atoms with E-state index in [2.05, 4.69) is 4.72 Å². The van der Waals surface area contributed by atoms with Gasteiger partial charge in [-0.1, -0.05) is 18.2 Å². The summed E-state index contributed by atoms with van der Waals surface area (Å²) in [6.45, 7) is 0. The van der Waals surface area contributed by atoms with E-state index >= 15 is 0 Å². The SMILES string of the molecule is Cn1cc(NS(=O)(=O)c2ccc([N+](=O)[O-])cc2)c2ccccc21. The number of nitro groups is 1. The Kier molecular flexibility index (Phi) is 3.53. The minimum absolute atomic E-state index is 0.0314. The average Bonchev–Trinajstić information content (AvgIpc) is 2.83. The maximum Gasteiger partial charge on any atom is 0.269 e. The largest absolute Gasteiger partial charge is 0.348 e. The van der Waals surface area contributed by atoms with Crippen molar-refractivity contribution >= 4 is 32.3 Å². The van der Waals surface area contributed by atoms with Crippen LogP contribution in [0, 0.1) is 10.1 Å². The maximum absolute atomic E-state index is 12.4. The van der Waals surface area contributed by atoms with Gasteiger partial charge in [-0.2, -0.15) is 0 Å². The molecule has 0 bridgehead atoms. The van der Waals surface area contributed by atoms with E-state index in [4.69, 9.17) is 0 Å². The molecule has 0 amide bonds. The number of hydrogen-bond acceptors (Lipinski definition) is 4. The third-order valence-corrected chi connectivity index (χ3v) is 4.88. The van der Waals surface area contributed by atoms with Crippen molar-refractivity contribution < 1.29 is 13.3 Å². The van der Waals surface area contributed by atoms with Gasteiger partial charge in [-0.25, -0.2) is 8.42 Å². The van der Waals surface area contributed by atoms with Crippen molar-refractivity contribution in [1.82, 2.24) is 4.57 Å². The van der Waals surface area contributed by atoms with Crippen molar-refractivity contribution in [2.24, 2.45) is 7.05 Å². The molecule has 8 heteroatoms. The summed E-state index contributed by atoms with van der Waals surface area (Å²) in [4.78, 5) is 10.0. The number of aryl methyl sites for hydroxylation is 1. The highest BCUT2D eigenvalue weighted by Crippen LogP contribution is 2.27. The lowest BCUT2D eigenvalue weighted by molar-refractivity contribution is -0.384. The minimum atomic E-state index is -3.82. The number of nitrogens with zero attached hydrogens (tertiary/aromatic N) is 2. The number of rotatable bonds is 4. The molecule has 0 fully saturated rings. The lowest BCUT2D eigenvalue weighted by atomic mass is 10.2. The number of benzene rings is 2. The van der Waals surface area contributed by atoms with Gasteiger partial charge in [0.15, 0.2) is 0 Å². The van der Waals surface area contributed by atoms with E-state index in [1.807, 2.05) is 35.9 Å². The van der Waals surface area contributed by atoms with Gasteiger partial charge in [0.25, 0.3) is 15.7 Å². The molecule has 0 saturated heterocycles. The van der Waals surface area contributed by atoms with Crippen LogP contribution in [-0.4, -0.2) is 17.9 Å². The second-order valence-electron chi connectivity index (χ2n) is 5.03. The van der Waals surface area contributed by atoms with E-state index < -0.39 is 14.9 Å². The number of nitro benzene ring substituents is 1. The molecule has 0 aliphatic rings.